The Morgan fingerprint density at radius 1 is 0.389 bits per heavy atom. The second-order valence-corrected chi connectivity index (χ2v) is 15.0. The summed E-state index contributed by atoms with van der Waals surface area (Å²) in [5, 5.41) is 7.59. The monoisotopic (exact) mass is 704 g/mol. The fraction of sp³-hybridized carbons (Fsp3) is 0. The molecule has 0 aliphatic rings. The molecule has 0 amide bonds. The molecule has 9 aromatic carbocycles. The SMILES string of the molecule is c1ccc(-c2ccc3c(-c4cccc(-n5c(-c6ccccc6)nc6ccccc65)c4)c4ccccc4c(-c4cccc5sc6ccccc6c45)c3c2)cc1. The summed E-state index contributed by atoms with van der Waals surface area (Å²) < 4.78 is 4.93. The van der Waals surface area contributed by atoms with Crippen molar-refractivity contribution in [2.24, 2.45) is 0 Å². The summed E-state index contributed by atoms with van der Waals surface area (Å²) in [6, 6.07) is 70.4. The minimum absolute atomic E-state index is 0.933. The summed E-state index contributed by atoms with van der Waals surface area (Å²) >= 11 is 1.87. The summed E-state index contributed by atoms with van der Waals surface area (Å²) in [5.41, 5.74) is 11.6. The largest absolute Gasteiger partial charge is 0.292 e. The van der Waals surface area contributed by atoms with E-state index in [1.165, 1.54) is 75.1 Å². The third-order valence-electron chi connectivity index (χ3n) is 10.8. The average Bonchev–Trinajstić information content (AvgIpc) is 3.83. The van der Waals surface area contributed by atoms with Crippen molar-refractivity contribution >= 4 is 64.1 Å². The molecule has 11 aromatic rings. The van der Waals surface area contributed by atoms with Crippen molar-refractivity contribution in [3.63, 3.8) is 0 Å². The number of imidazole rings is 1. The number of nitrogens with zero attached hydrogens (tertiary/aromatic N) is 2. The molecule has 0 atom stereocenters. The summed E-state index contributed by atoms with van der Waals surface area (Å²) in [6.45, 7) is 0. The van der Waals surface area contributed by atoms with E-state index >= 15 is 0 Å². The van der Waals surface area contributed by atoms with Gasteiger partial charge in [-0.25, -0.2) is 4.98 Å². The van der Waals surface area contributed by atoms with Crippen LogP contribution < -0.4 is 0 Å². The molecule has 0 fully saturated rings. The molecule has 54 heavy (non-hydrogen) atoms. The predicted molar refractivity (Wildman–Crippen MR) is 231 cm³/mol. The number of para-hydroxylation sites is 2. The van der Waals surface area contributed by atoms with Gasteiger partial charge < -0.3 is 0 Å². The number of rotatable bonds is 5. The van der Waals surface area contributed by atoms with Crippen LogP contribution in [0.4, 0.5) is 0 Å². The molecule has 2 nitrogen and oxygen atoms in total. The highest BCUT2D eigenvalue weighted by Gasteiger charge is 2.21. The Bertz CT molecular complexity index is 3210. The third kappa shape index (κ3) is 4.83. The highest BCUT2D eigenvalue weighted by Crippen LogP contribution is 2.49. The molecule has 11 rings (SSSR count). The minimum atomic E-state index is 0.933. The fourth-order valence-electron chi connectivity index (χ4n) is 8.44. The average molecular weight is 705 g/mol. The van der Waals surface area contributed by atoms with Gasteiger partial charge in [-0.1, -0.05) is 152 Å². The normalized spacial score (nSPS) is 11.7. The van der Waals surface area contributed by atoms with Crippen LogP contribution >= 0.6 is 11.3 Å². The summed E-state index contributed by atoms with van der Waals surface area (Å²) in [4.78, 5) is 5.15. The molecular formula is C51H32N2S. The van der Waals surface area contributed by atoms with Gasteiger partial charge in [-0.2, -0.15) is 0 Å². The highest BCUT2D eigenvalue weighted by atomic mass is 32.1. The summed E-state index contributed by atoms with van der Waals surface area (Å²) in [6.07, 6.45) is 0. The molecular weight excluding hydrogens is 673 g/mol. The lowest BCUT2D eigenvalue weighted by atomic mass is 9.84. The molecule has 0 unspecified atom stereocenters. The molecule has 0 spiro atoms. The van der Waals surface area contributed by atoms with E-state index in [4.69, 9.17) is 4.98 Å². The van der Waals surface area contributed by atoms with Crippen molar-refractivity contribution in [2.45, 2.75) is 0 Å². The molecule has 0 N–H and O–H groups in total. The molecule has 0 aliphatic carbocycles. The van der Waals surface area contributed by atoms with Crippen LogP contribution in [0, 0.1) is 0 Å². The van der Waals surface area contributed by atoms with Crippen molar-refractivity contribution < 1.29 is 0 Å². The molecule has 0 saturated heterocycles. The Labute approximate surface area is 316 Å². The molecule has 0 radical (unpaired) electrons. The van der Waals surface area contributed by atoms with Crippen LogP contribution in [0.2, 0.25) is 0 Å². The van der Waals surface area contributed by atoms with Crippen LogP contribution in [0.1, 0.15) is 0 Å². The zero-order valence-corrected chi connectivity index (χ0v) is 30.1. The maximum atomic E-state index is 5.15. The Kier molecular flexibility index (Phi) is 7.07. The smallest absolute Gasteiger partial charge is 0.145 e. The molecule has 0 saturated carbocycles. The van der Waals surface area contributed by atoms with Gasteiger partial charge in [0.25, 0.3) is 0 Å². The Balaban J connectivity index is 1.23. The van der Waals surface area contributed by atoms with Crippen molar-refractivity contribution in [2.75, 3.05) is 0 Å². The van der Waals surface area contributed by atoms with Crippen LogP contribution in [0.25, 0.3) is 103 Å². The van der Waals surface area contributed by atoms with Gasteiger partial charge in [-0.05, 0) is 97.4 Å². The number of benzene rings is 9. The van der Waals surface area contributed by atoms with Crippen molar-refractivity contribution in [1.29, 1.82) is 0 Å². The topological polar surface area (TPSA) is 17.8 Å². The third-order valence-corrected chi connectivity index (χ3v) is 11.9. The van der Waals surface area contributed by atoms with E-state index in [0.717, 1.165) is 28.1 Å². The number of hydrogen-bond donors (Lipinski definition) is 0. The lowest BCUT2D eigenvalue weighted by molar-refractivity contribution is 1.10. The van der Waals surface area contributed by atoms with E-state index in [9.17, 15) is 0 Å². The quantitative estimate of drug-likeness (QED) is 0.163. The van der Waals surface area contributed by atoms with E-state index in [-0.39, 0.29) is 0 Å². The van der Waals surface area contributed by atoms with E-state index in [1.54, 1.807) is 0 Å². The van der Waals surface area contributed by atoms with E-state index in [0.29, 0.717) is 0 Å². The van der Waals surface area contributed by atoms with Gasteiger partial charge in [0.15, 0.2) is 0 Å². The van der Waals surface area contributed by atoms with Gasteiger partial charge in [0.1, 0.15) is 5.82 Å². The Morgan fingerprint density at radius 3 is 1.85 bits per heavy atom. The summed E-state index contributed by atoms with van der Waals surface area (Å²) in [7, 11) is 0. The van der Waals surface area contributed by atoms with Crippen LogP contribution in [0.5, 0.6) is 0 Å². The van der Waals surface area contributed by atoms with Crippen molar-refractivity contribution in [3.05, 3.63) is 194 Å². The van der Waals surface area contributed by atoms with Gasteiger partial charge in [-0.15, -0.1) is 11.3 Å². The predicted octanol–water partition coefficient (Wildman–Crippen LogP) is 14.4. The molecule has 2 aromatic heterocycles. The van der Waals surface area contributed by atoms with Crippen LogP contribution in [-0.4, -0.2) is 9.55 Å². The second-order valence-electron chi connectivity index (χ2n) is 13.9. The molecule has 0 aliphatic heterocycles. The van der Waals surface area contributed by atoms with Crippen molar-refractivity contribution in [3.8, 4) is 50.5 Å². The molecule has 3 heteroatoms. The van der Waals surface area contributed by atoms with Crippen LogP contribution in [-0.2, 0) is 0 Å². The van der Waals surface area contributed by atoms with Gasteiger partial charge in [0.05, 0.1) is 11.0 Å². The van der Waals surface area contributed by atoms with Gasteiger partial charge in [0, 0.05) is 31.4 Å². The Hall–Kier alpha value is -6.81. The number of aromatic nitrogens is 2. The summed E-state index contributed by atoms with van der Waals surface area (Å²) in [5.74, 6) is 0.933. The van der Waals surface area contributed by atoms with Gasteiger partial charge in [-0.3, -0.25) is 4.57 Å². The number of thiophene rings is 1. The molecule has 0 bridgehead atoms. The Morgan fingerprint density at radius 2 is 1.02 bits per heavy atom. The number of hydrogen-bond acceptors (Lipinski definition) is 2. The first-order valence-electron chi connectivity index (χ1n) is 18.4. The second kappa shape index (κ2) is 12.4. The first-order valence-corrected chi connectivity index (χ1v) is 19.2. The fourth-order valence-corrected chi connectivity index (χ4v) is 9.57. The lowest BCUT2D eigenvalue weighted by Crippen LogP contribution is -1.98. The maximum absolute atomic E-state index is 5.15. The lowest BCUT2D eigenvalue weighted by Gasteiger charge is -2.20. The van der Waals surface area contributed by atoms with Crippen LogP contribution in [0.3, 0.4) is 0 Å². The van der Waals surface area contributed by atoms with E-state index < -0.39 is 0 Å². The van der Waals surface area contributed by atoms with Crippen LogP contribution in [0.15, 0.2) is 194 Å². The van der Waals surface area contributed by atoms with Crippen molar-refractivity contribution in [1.82, 2.24) is 9.55 Å². The first kappa shape index (κ1) is 30.8. The highest BCUT2D eigenvalue weighted by molar-refractivity contribution is 7.25. The first-order chi connectivity index (χ1) is 26.8. The standard InChI is InChI=1S/C51H32N2S/c1-3-15-33(16-4-1)35-29-30-40-43(32-35)49(42-24-14-28-47-50(42)41-23-9-12-27-46(41)54-47)39-22-8-7-21-38(39)48(40)36-19-13-20-37(31-36)53-45-26-11-10-25-44(45)52-51(53)34-17-5-2-6-18-34/h1-32H. The minimum Gasteiger partial charge on any atom is -0.292 e. The number of fused-ring (bicyclic) bond motifs is 6. The van der Waals surface area contributed by atoms with E-state index in [1.807, 2.05) is 11.3 Å². The van der Waals surface area contributed by atoms with E-state index in [2.05, 4.69) is 199 Å². The van der Waals surface area contributed by atoms with Gasteiger partial charge in [0.2, 0.25) is 0 Å². The molecule has 252 valence electrons. The zero-order valence-electron chi connectivity index (χ0n) is 29.3. The zero-order chi connectivity index (χ0) is 35.6. The van der Waals surface area contributed by atoms with Gasteiger partial charge >= 0.3 is 0 Å². The maximum Gasteiger partial charge on any atom is 0.145 e. The molecule has 2 heterocycles.